The summed E-state index contributed by atoms with van der Waals surface area (Å²) in [5.74, 6) is 0. The van der Waals surface area contributed by atoms with Gasteiger partial charge in [-0.15, -0.1) is 0 Å². The first-order chi connectivity index (χ1) is 24.3. The lowest BCUT2D eigenvalue weighted by molar-refractivity contribution is 1.18. The highest BCUT2D eigenvalue weighted by molar-refractivity contribution is 6.22. The topological polar surface area (TPSA) is 52.5 Å². The first kappa shape index (κ1) is 28.3. The second-order valence-corrected chi connectivity index (χ2v) is 12.3. The van der Waals surface area contributed by atoms with E-state index < -0.39 is 0 Å². The smallest absolute Gasteiger partial charge is 0.101 e. The molecule has 0 N–H and O–H groups in total. The summed E-state index contributed by atoms with van der Waals surface area (Å²) in [6.45, 7) is 0. The first-order valence-electron chi connectivity index (χ1n) is 16.3. The van der Waals surface area contributed by atoms with Gasteiger partial charge >= 0.3 is 0 Å². The molecular formula is C46H27N3. The van der Waals surface area contributed by atoms with Crippen molar-refractivity contribution in [3.8, 4) is 51.2 Å². The molecule has 0 amide bonds. The van der Waals surface area contributed by atoms with Crippen molar-refractivity contribution in [1.29, 1.82) is 10.5 Å². The molecule has 0 unspecified atom stereocenters. The maximum Gasteiger partial charge on any atom is 0.101 e. The van der Waals surface area contributed by atoms with Crippen LogP contribution in [0, 0.1) is 22.7 Å². The monoisotopic (exact) mass is 621 g/mol. The number of benzene rings is 8. The molecule has 9 rings (SSSR count). The number of fused-ring (bicyclic) bond motifs is 5. The van der Waals surface area contributed by atoms with Crippen LogP contribution in [0.5, 0.6) is 0 Å². The van der Waals surface area contributed by atoms with Crippen molar-refractivity contribution < 1.29 is 0 Å². The fourth-order valence-electron chi connectivity index (χ4n) is 7.63. The second-order valence-electron chi connectivity index (χ2n) is 12.3. The lowest BCUT2D eigenvalue weighted by Gasteiger charge is -2.21. The van der Waals surface area contributed by atoms with E-state index in [1.54, 1.807) is 6.07 Å². The number of aromatic nitrogens is 1. The number of nitriles is 2. The Morgan fingerprint density at radius 3 is 1.37 bits per heavy atom. The van der Waals surface area contributed by atoms with Crippen molar-refractivity contribution in [2.24, 2.45) is 0 Å². The summed E-state index contributed by atoms with van der Waals surface area (Å²) in [6.07, 6.45) is 0. The quantitative estimate of drug-likeness (QED) is 0.184. The Morgan fingerprint density at radius 1 is 0.367 bits per heavy atom. The number of hydrogen-bond donors (Lipinski definition) is 0. The molecule has 9 aromatic rings. The van der Waals surface area contributed by atoms with Crippen molar-refractivity contribution in [2.75, 3.05) is 0 Å². The minimum atomic E-state index is 0.363. The molecule has 8 aromatic carbocycles. The average molecular weight is 622 g/mol. The van der Waals surface area contributed by atoms with E-state index in [-0.39, 0.29) is 0 Å². The van der Waals surface area contributed by atoms with Gasteiger partial charge in [-0.25, -0.2) is 0 Å². The third-order valence-electron chi connectivity index (χ3n) is 9.70. The van der Waals surface area contributed by atoms with Crippen LogP contribution in [0.25, 0.3) is 82.4 Å². The molecule has 0 saturated heterocycles. The van der Waals surface area contributed by atoms with Gasteiger partial charge in [-0.2, -0.15) is 10.5 Å². The van der Waals surface area contributed by atoms with Gasteiger partial charge in [0.1, 0.15) is 12.1 Å². The van der Waals surface area contributed by atoms with Crippen LogP contribution in [0.2, 0.25) is 0 Å². The summed E-state index contributed by atoms with van der Waals surface area (Å²) in [6, 6.07) is 61.4. The molecule has 3 nitrogen and oxygen atoms in total. The van der Waals surface area contributed by atoms with Gasteiger partial charge in [-0.1, -0.05) is 133 Å². The van der Waals surface area contributed by atoms with Gasteiger partial charge in [0.15, 0.2) is 0 Å². The maximum atomic E-state index is 10.6. The number of rotatable bonds is 4. The zero-order valence-electron chi connectivity index (χ0n) is 26.4. The molecule has 0 aliphatic heterocycles. The van der Waals surface area contributed by atoms with Gasteiger partial charge in [-0.05, 0) is 79.7 Å². The molecule has 226 valence electrons. The van der Waals surface area contributed by atoms with Crippen LogP contribution in [0.1, 0.15) is 11.1 Å². The van der Waals surface area contributed by atoms with Gasteiger partial charge in [0.25, 0.3) is 0 Å². The summed E-state index contributed by atoms with van der Waals surface area (Å²) in [5.41, 5.74) is 10.00. The molecule has 0 radical (unpaired) electrons. The molecule has 0 spiro atoms. The van der Waals surface area contributed by atoms with Crippen LogP contribution in [0.15, 0.2) is 164 Å². The van der Waals surface area contributed by atoms with Crippen molar-refractivity contribution in [3.05, 3.63) is 175 Å². The summed E-state index contributed by atoms with van der Waals surface area (Å²) in [7, 11) is 0. The molecule has 1 heterocycles. The fourth-order valence-corrected chi connectivity index (χ4v) is 7.63. The van der Waals surface area contributed by atoms with E-state index in [1.807, 2.05) is 12.1 Å². The number of hydrogen-bond acceptors (Lipinski definition) is 2. The Hall–Kier alpha value is -6.94. The van der Waals surface area contributed by atoms with Crippen molar-refractivity contribution in [3.63, 3.8) is 0 Å². The third kappa shape index (κ3) is 4.35. The molecular weight excluding hydrogens is 595 g/mol. The van der Waals surface area contributed by atoms with Crippen molar-refractivity contribution >= 4 is 43.4 Å². The molecule has 0 bridgehead atoms. The molecule has 0 atom stereocenters. The summed E-state index contributed by atoms with van der Waals surface area (Å²) in [5, 5.41) is 27.6. The highest BCUT2D eigenvalue weighted by atomic mass is 15.0. The second kappa shape index (κ2) is 11.4. The van der Waals surface area contributed by atoms with E-state index in [0.717, 1.165) is 66.1 Å². The predicted molar refractivity (Wildman–Crippen MR) is 202 cm³/mol. The number of para-hydroxylation sites is 2. The summed E-state index contributed by atoms with van der Waals surface area (Å²) in [4.78, 5) is 0. The Labute approximate surface area is 283 Å². The van der Waals surface area contributed by atoms with Crippen LogP contribution in [-0.2, 0) is 0 Å². The lowest BCUT2D eigenvalue weighted by Crippen LogP contribution is -1.98. The largest absolute Gasteiger partial charge is 0.309 e. The Kier molecular flexibility index (Phi) is 6.58. The molecule has 0 aliphatic rings. The van der Waals surface area contributed by atoms with Gasteiger partial charge in [-0.3, -0.25) is 0 Å². The first-order valence-corrected chi connectivity index (χ1v) is 16.3. The van der Waals surface area contributed by atoms with Crippen LogP contribution >= 0.6 is 0 Å². The summed E-state index contributed by atoms with van der Waals surface area (Å²) >= 11 is 0. The Morgan fingerprint density at radius 2 is 0.837 bits per heavy atom. The van der Waals surface area contributed by atoms with E-state index in [9.17, 15) is 10.5 Å². The van der Waals surface area contributed by atoms with Crippen LogP contribution in [0.4, 0.5) is 0 Å². The highest BCUT2D eigenvalue weighted by Gasteiger charge is 2.22. The molecule has 0 saturated carbocycles. The van der Waals surface area contributed by atoms with E-state index in [0.29, 0.717) is 11.1 Å². The maximum absolute atomic E-state index is 10.6. The van der Waals surface area contributed by atoms with E-state index >= 15 is 0 Å². The lowest BCUT2D eigenvalue weighted by atomic mass is 9.82. The third-order valence-corrected chi connectivity index (χ3v) is 9.70. The van der Waals surface area contributed by atoms with Gasteiger partial charge in [0.2, 0.25) is 0 Å². The van der Waals surface area contributed by atoms with Crippen LogP contribution in [-0.4, -0.2) is 4.57 Å². The predicted octanol–water partition coefficient (Wildman–Crippen LogP) is 11.8. The van der Waals surface area contributed by atoms with E-state index in [2.05, 4.69) is 162 Å². The average Bonchev–Trinajstić information content (AvgIpc) is 3.51. The van der Waals surface area contributed by atoms with Gasteiger partial charge in [0, 0.05) is 22.0 Å². The molecule has 0 aliphatic carbocycles. The highest BCUT2D eigenvalue weighted by Crippen LogP contribution is 2.47. The standard InChI is InChI=1S/C46H27N3/c47-28-32-24-27-40(46-38-18-6-4-16-36(38)44(30-12-2-1-3-13-30)37-17-5-7-19-39(37)46)45(41(32)29-48)31-22-25-33(26-23-31)49-42-20-10-8-14-34(42)35-15-9-11-21-43(35)49/h1-27H. The van der Waals surface area contributed by atoms with Crippen LogP contribution in [0.3, 0.4) is 0 Å². The minimum Gasteiger partial charge on any atom is -0.309 e. The van der Waals surface area contributed by atoms with Crippen molar-refractivity contribution in [1.82, 2.24) is 4.57 Å². The molecule has 1 aromatic heterocycles. The molecule has 3 heteroatoms. The van der Waals surface area contributed by atoms with Gasteiger partial charge < -0.3 is 4.57 Å². The Balaban J connectivity index is 1.33. The van der Waals surface area contributed by atoms with Crippen molar-refractivity contribution in [2.45, 2.75) is 0 Å². The SMILES string of the molecule is N#Cc1ccc(-c2c3ccccc3c(-c3ccccc3)c3ccccc23)c(-c2ccc(-n3c4ccccc4c4ccccc43)cc2)c1C#N. The Bertz CT molecular complexity index is 2720. The van der Waals surface area contributed by atoms with Gasteiger partial charge in [0.05, 0.1) is 22.2 Å². The summed E-state index contributed by atoms with van der Waals surface area (Å²) < 4.78 is 2.29. The van der Waals surface area contributed by atoms with Crippen LogP contribution < -0.4 is 0 Å². The van der Waals surface area contributed by atoms with E-state index in [1.165, 1.54) is 16.3 Å². The fraction of sp³-hybridized carbons (Fsp3) is 0. The minimum absolute atomic E-state index is 0.363. The molecule has 49 heavy (non-hydrogen) atoms. The molecule has 0 fully saturated rings. The van der Waals surface area contributed by atoms with E-state index in [4.69, 9.17) is 0 Å². The zero-order chi connectivity index (χ0) is 32.9. The normalized spacial score (nSPS) is 11.2. The zero-order valence-corrected chi connectivity index (χ0v) is 26.4. The number of nitrogens with zero attached hydrogens (tertiary/aromatic N) is 3.